The topological polar surface area (TPSA) is 93.3 Å². The molecule has 2 aromatic heterocycles. The van der Waals surface area contributed by atoms with Gasteiger partial charge >= 0.3 is 0 Å². The first-order valence-corrected chi connectivity index (χ1v) is 7.32. The normalized spacial score (nSPS) is 11.1. The number of rotatable bonds is 4. The molecule has 0 amide bonds. The summed E-state index contributed by atoms with van der Waals surface area (Å²) < 4.78 is 0. The van der Waals surface area contributed by atoms with Gasteiger partial charge in [0.1, 0.15) is 0 Å². The highest BCUT2D eigenvalue weighted by atomic mass is 16.6. The molecule has 0 atom stereocenters. The van der Waals surface area contributed by atoms with E-state index in [1.165, 1.54) is 12.3 Å². The lowest BCUT2D eigenvalue weighted by Gasteiger charge is -2.07. The van der Waals surface area contributed by atoms with E-state index in [-0.39, 0.29) is 5.69 Å². The average molecular weight is 321 g/mol. The van der Waals surface area contributed by atoms with Crippen LogP contribution in [0.1, 0.15) is 17.0 Å². The minimum absolute atomic E-state index is 0.0103. The molecule has 0 fully saturated rings. The molecule has 24 heavy (non-hydrogen) atoms. The molecule has 0 aliphatic carbocycles. The molecule has 1 N–H and O–H groups in total. The summed E-state index contributed by atoms with van der Waals surface area (Å²) in [6.07, 6.45) is 1.43. The maximum atomic E-state index is 11.0. The van der Waals surface area contributed by atoms with Crippen LogP contribution in [0.3, 0.4) is 0 Å². The molecule has 0 unspecified atom stereocenters. The number of nitrogens with one attached hydrogen (secondary N) is 1. The summed E-state index contributed by atoms with van der Waals surface area (Å²) >= 11 is 0. The second-order valence-corrected chi connectivity index (χ2v) is 5.32. The lowest BCUT2D eigenvalue weighted by Crippen LogP contribution is -1.98. The number of nitro benzene ring substituents is 1. The van der Waals surface area contributed by atoms with Gasteiger partial charge in [-0.25, -0.2) is 9.97 Å². The summed E-state index contributed by atoms with van der Waals surface area (Å²) in [6, 6.07) is 12.1. The third kappa shape index (κ3) is 3.19. The summed E-state index contributed by atoms with van der Waals surface area (Å²) in [5.74, 6) is 0. The molecule has 0 saturated carbocycles. The van der Waals surface area contributed by atoms with Gasteiger partial charge in [0.25, 0.3) is 5.69 Å². The second kappa shape index (κ2) is 6.41. The Morgan fingerprint density at radius 1 is 1.12 bits per heavy atom. The summed E-state index contributed by atoms with van der Waals surface area (Å²) in [5, 5.41) is 16.0. The van der Waals surface area contributed by atoms with Crippen LogP contribution < -0.4 is 5.43 Å². The summed E-state index contributed by atoms with van der Waals surface area (Å²) in [6.45, 7) is 3.78. The highest BCUT2D eigenvalue weighted by Gasteiger charge is 2.10. The van der Waals surface area contributed by atoms with Gasteiger partial charge < -0.3 is 0 Å². The average Bonchev–Trinajstić information content (AvgIpc) is 2.54. The van der Waals surface area contributed by atoms with E-state index >= 15 is 0 Å². The van der Waals surface area contributed by atoms with Gasteiger partial charge in [0.05, 0.1) is 22.4 Å². The van der Waals surface area contributed by atoms with Crippen molar-refractivity contribution in [3.8, 4) is 0 Å². The van der Waals surface area contributed by atoms with Crippen LogP contribution in [0, 0.1) is 24.0 Å². The Balaban J connectivity index is 1.93. The van der Waals surface area contributed by atoms with E-state index in [2.05, 4.69) is 20.5 Å². The van der Waals surface area contributed by atoms with Gasteiger partial charge in [-0.05, 0) is 38.1 Å². The van der Waals surface area contributed by atoms with E-state index < -0.39 is 4.92 Å². The van der Waals surface area contributed by atoms with Gasteiger partial charge in [0, 0.05) is 22.8 Å². The minimum Gasteiger partial charge on any atom is -0.278 e. The monoisotopic (exact) mass is 321 g/mol. The first kappa shape index (κ1) is 15.5. The van der Waals surface area contributed by atoms with E-state index in [4.69, 9.17) is 0 Å². The molecule has 7 heteroatoms. The van der Waals surface area contributed by atoms with Crippen molar-refractivity contribution in [1.29, 1.82) is 0 Å². The number of nitrogens with zero attached hydrogens (tertiary/aromatic N) is 4. The number of hydrazone groups is 1. The number of pyridine rings is 2. The molecule has 0 aliphatic heterocycles. The SMILES string of the molecule is Cc1ccc2c(N/N=C/c3ccccc3[N+](=O)[O-])cc(C)nc2n1. The van der Waals surface area contributed by atoms with Gasteiger partial charge in [-0.15, -0.1) is 0 Å². The van der Waals surface area contributed by atoms with Crippen LogP contribution >= 0.6 is 0 Å². The van der Waals surface area contributed by atoms with E-state index in [1.807, 2.05) is 32.0 Å². The number of aryl methyl sites for hydroxylation is 2. The zero-order valence-corrected chi connectivity index (χ0v) is 13.2. The van der Waals surface area contributed by atoms with E-state index in [1.54, 1.807) is 18.2 Å². The van der Waals surface area contributed by atoms with E-state index in [9.17, 15) is 10.1 Å². The molecular weight excluding hydrogens is 306 g/mol. The van der Waals surface area contributed by atoms with Crippen molar-refractivity contribution in [2.24, 2.45) is 5.10 Å². The van der Waals surface area contributed by atoms with Crippen molar-refractivity contribution in [3.05, 3.63) is 69.5 Å². The Hall–Kier alpha value is -3.35. The van der Waals surface area contributed by atoms with Gasteiger partial charge in [-0.3, -0.25) is 15.5 Å². The van der Waals surface area contributed by atoms with Crippen LogP contribution in [-0.2, 0) is 0 Å². The number of hydrogen-bond acceptors (Lipinski definition) is 6. The van der Waals surface area contributed by atoms with Crippen LogP contribution in [0.2, 0.25) is 0 Å². The van der Waals surface area contributed by atoms with Crippen molar-refractivity contribution < 1.29 is 4.92 Å². The lowest BCUT2D eigenvalue weighted by molar-refractivity contribution is -0.385. The third-order valence-electron chi connectivity index (χ3n) is 3.46. The number of benzene rings is 1. The Morgan fingerprint density at radius 3 is 2.67 bits per heavy atom. The smallest absolute Gasteiger partial charge is 0.278 e. The first-order chi connectivity index (χ1) is 11.5. The molecule has 0 bridgehead atoms. The molecule has 7 nitrogen and oxygen atoms in total. The highest BCUT2D eigenvalue weighted by Crippen LogP contribution is 2.22. The molecule has 3 aromatic rings. The fourth-order valence-corrected chi connectivity index (χ4v) is 2.35. The van der Waals surface area contributed by atoms with Crippen LogP contribution in [0.15, 0.2) is 47.6 Å². The van der Waals surface area contributed by atoms with Crippen molar-refractivity contribution in [1.82, 2.24) is 9.97 Å². The standard InChI is InChI=1S/C17H15N5O2/c1-11-7-8-14-15(9-12(2)20-17(14)19-11)21-18-10-13-5-3-4-6-16(13)22(23)24/h3-10H,1-2H3,(H,19,20,21)/b18-10+. The second-order valence-electron chi connectivity index (χ2n) is 5.32. The van der Waals surface area contributed by atoms with Crippen molar-refractivity contribution >= 4 is 28.6 Å². The van der Waals surface area contributed by atoms with E-state index in [0.29, 0.717) is 11.2 Å². The quantitative estimate of drug-likeness (QED) is 0.450. The Labute approximate surface area is 138 Å². The molecule has 120 valence electrons. The number of fused-ring (bicyclic) bond motifs is 1. The van der Waals surface area contributed by atoms with Gasteiger partial charge in [-0.2, -0.15) is 5.10 Å². The maximum Gasteiger partial charge on any atom is 0.278 e. The van der Waals surface area contributed by atoms with E-state index in [0.717, 1.165) is 22.5 Å². The zero-order chi connectivity index (χ0) is 17.1. The lowest BCUT2D eigenvalue weighted by atomic mass is 10.2. The van der Waals surface area contributed by atoms with Crippen LogP contribution in [0.5, 0.6) is 0 Å². The maximum absolute atomic E-state index is 11.0. The largest absolute Gasteiger partial charge is 0.278 e. The number of para-hydroxylation sites is 1. The molecule has 0 spiro atoms. The number of anilines is 1. The summed E-state index contributed by atoms with van der Waals surface area (Å²) in [4.78, 5) is 19.4. The highest BCUT2D eigenvalue weighted by molar-refractivity contribution is 5.90. The molecule has 0 radical (unpaired) electrons. The minimum atomic E-state index is -0.431. The van der Waals surface area contributed by atoms with Gasteiger partial charge in [-0.1, -0.05) is 12.1 Å². The Bertz CT molecular complexity index is 948. The number of hydrogen-bond donors (Lipinski definition) is 1. The molecule has 0 aliphatic rings. The number of aromatic nitrogens is 2. The van der Waals surface area contributed by atoms with Crippen molar-refractivity contribution in [3.63, 3.8) is 0 Å². The van der Waals surface area contributed by atoms with Crippen LogP contribution in [0.25, 0.3) is 11.0 Å². The molecule has 1 aromatic carbocycles. The van der Waals surface area contributed by atoms with Crippen LogP contribution in [-0.4, -0.2) is 21.1 Å². The Morgan fingerprint density at radius 2 is 1.88 bits per heavy atom. The predicted molar refractivity (Wildman–Crippen MR) is 93.3 cm³/mol. The zero-order valence-electron chi connectivity index (χ0n) is 13.2. The number of nitro groups is 1. The predicted octanol–water partition coefficient (Wildman–Crippen LogP) is 3.60. The molecule has 0 saturated heterocycles. The van der Waals surface area contributed by atoms with Crippen molar-refractivity contribution in [2.75, 3.05) is 5.43 Å². The molecule has 2 heterocycles. The summed E-state index contributed by atoms with van der Waals surface area (Å²) in [7, 11) is 0. The van der Waals surface area contributed by atoms with Gasteiger partial charge in [0.2, 0.25) is 0 Å². The fourth-order valence-electron chi connectivity index (χ4n) is 2.35. The first-order valence-electron chi connectivity index (χ1n) is 7.32. The summed E-state index contributed by atoms with van der Waals surface area (Å²) in [5.41, 5.74) is 6.45. The van der Waals surface area contributed by atoms with Crippen molar-refractivity contribution in [2.45, 2.75) is 13.8 Å². The molecular formula is C17H15N5O2. The van der Waals surface area contributed by atoms with Gasteiger partial charge in [0.15, 0.2) is 5.65 Å². The fraction of sp³-hybridized carbons (Fsp3) is 0.118. The van der Waals surface area contributed by atoms with Crippen LogP contribution in [0.4, 0.5) is 11.4 Å². The molecule has 3 rings (SSSR count). The third-order valence-corrected chi connectivity index (χ3v) is 3.46. The Kier molecular flexibility index (Phi) is 4.15.